The number of aryl methyl sites for hydroxylation is 3. The number of thiophene rings is 2. The van der Waals surface area contributed by atoms with Crippen LogP contribution >= 0.6 is 22.7 Å². The smallest absolute Gasteiger partial charge is 0.226 e. The van der Waals surface area contributed by atoms with Crippen molar-refractivity contribution in [2.45, 2.75) is 64.2 Å². The molecule has 55 heavy (non-hydrogen) atoms. The van der Waals surface area contributed by atoms with E-state index in [2.05, 4.69) is 35.6 Å². The van der Waals surface area contributed by atoms with Gasteiger partial charge in [-0.3, -0.25) is 0 Å². The first kappa shape index (κ1) is 33.7. The first-order valence-corrected chi connectivity index (χ1v) is 20.0. The number of hydrogen-bond acceptors (Lipinski definition) is 14. The first-order valence-electron chi connectivity index (χ1n) is 18.4. The molecule has 2 aliphatic rings. The van der Waals surface area contributed by atoms with E-state index < -0.39 is 0 Å². The summed E-state index contributed by atoms with van der Waals surface area (Å²) in [6.07, 6.45) is 10.2. The monoisotopic (exact) mass is 769 g/mol. The first-order chi connectivity index (χ1) is 27.2. The molecule has 0 aliphatic heterocycles. The van der Waals surface area contributed by atoms with E-state index in [9.17, 15) is 0 Å². The van der Waals surface area contributed by atoms with E-state index in [1.165, 1.54) is 33.7 Å². The molecule has 1 unspecified atom stereocenters. The van der Waals surface area contributed by atoms with Gasteiger partial charge in [-0.1, -0.05) is 40.6 Å². The number of nitrogens with one attached hydrogen (secondary N) is 1. The molecule has 12 nitrogen and oxygen atoms in total. The molecule has 0 saturated heterocycles. The molecule has 0 amide bonds. The van der Waals surface area contributed by atoms with Gasteiger partial charge in [0.05, 0.1) is 24.4 Å². The summed E-state index contributed by atoms with van der Waals surface area (Å²) in [6.45, 7) is 0.668. The fraction of sp³-hybridized carbons (Fsp3) is 0.268. The van der Waals surface area contributed by atoms with Gasteiger partial charge in [0.25, 0.3) is 0 Å². The van der Waals surface area contributed by atoms with Crippen molar-refractivity contribution < 1.29 is 23.3 Å². The fourth-order valence-electron chi connectivity index (χ4n) is 7.59. The van der Waals surface area contributed by atoms with Crippen LogP contribution in [-0.2, 0) is 38.8 Å². The largest absolute Gasteiger partial charge is 0.496 e. The maximum Gasteiger partial charge on any atom is 0.226 e. The Morgan fingerprint density at radius 1 is 0.782 bits per heavy atom. The highest BCUT2D eigenvalue weighted by molar-refractivity contribution is 7.19. The average molecular weight is 770 g/mol. The summed E-state index contributed by atoms with van der Waals surface area (Å²) in [5.74, 6) is 4.10. The zero-order valence-electron chi connectivity index (χ0n) is 29.9. The minimum absolute atomic E-state index is 0.00369. The zero-order valence-corrected chi connectivity index (χ0v) is 31.5. The lowest BCUT2D eigenvalue weighted by Gasteiger charge is -2.24. The molecule has 276 valence electrons. The van der Waals surface area contributed by atoms with Crippen LogP contribution in [0.15, 0.2) is 82.4 Å². The summed E-state index contributed by atoms with van der Waals surface area (Å²) in [6, 6.07) is 19.7. The number of aromatic nitrogens is 6. The van der Waals surface area contributed by atoms with Gasteiger partial charge in [0.15, 0.2) is 18.1 Å². The zero-order chi connectivity index (χ0) is 36.7. The van der Waals surface area contributed by atoms with Crippen LogP contribution in [0.1, 0.15) is 51.7 Å². The van der Waals surface area contributed by atoms with E-state index in [4.69, 9.17) is 23.3 Å². The molecule has 0 fully saturated rings. The molecule has 1 N–H and O–H groups in total. The Morgan fingerprint density at radius 3 is 2.47 bits per heavy atom. The number of methoxy groups -OCH3 is 1. The number of hydrogen-bond donors (Lipinski definition) is 1. The highest BCUT2D eigenvalue weighted by Crippen LogP contribution is 2.41. The minimum atomic E-state index is 0.00369. The predicted molar refractivity (Wildman–Crippen MR) is 210 cm³/mol. The van der Waals surface area contributed by atoms with Crippen LogP contribution in [0, 0.1) is 0 Å². The van der Waals surface area contributed by atoms with E-state index in [1.54, 1.807) is 42.4 Å². The van der Waals surface area contributed by atoms with Crippen molar-refractivity contribution in [3.05, 3.63) is 106 Å². The predicted octanol–water partition coefficient (Wildman–Crippen LogP) is 9.02. The summed E-state index contributed by atoms with van der Waals surface area (Å²) in [7, 11) is 1.65. The Hall–Kier alpha value is -5.86. The van der Waals surface area contributed by atoms with Gasteiger partial charge in [-0.25, -0.2) is 19.9 Å². The normalized spacial score (nSPS) is 15.2. The molecule has 8 aromatic rings. The van der Waals surface area contributed by atoms with E-state index in [0.29, 0.717) is 29.6 Å². The second-order valence-electron chi connectivity index (χ2n) is 13.7. The molecule has 14 heteroatoms. The summed E-state index contributed by atoms with van der Waals surface area (Å²) >= 11 is 3.45. The third-order valence-electron chi connectivity index (χ3n) is 10.2. The van der Waals surface area contributed by atoms with Crippen molar-refractivity contribution in [1.29, 1.82) is 0 Å². The molecule has 0 saturated carbocycles. The molecule has 0 bridgehead atoms. The second kappa shape index (κ2) is 14.4. The Balaban J connectivity index is 0.803. The van der Waals surface area contributed by atoms with Crippen LogP contribution in [-0.4, -0.2) is 43.5 Å². The quantitative estimate of drug-likeness (QED) is 0.134. The molecule has 2 aromatic carbocycles. The Bertz CT molecular complexity index is 2650. The van der Waals surface area contributed by atoms with E-state index in [1.807, 2.05) is 60.7 Å². The fourth-order valence-corrected chi connectivity index (χ4v) is 10.1. The second-order valence-corrected chi connectivity index (χ2v) is 15.9. The SMILES string of the molecule is COc1cc(OC2CCc3c(sc4ncnc(NCc5cc(-c6ccccc6)no5)c34)C2)ccc1-c1cc(COc2ncnc3sc4c(c23)CCCC4)on1. The number of rotatable bonds is 11. The molecule has 0 radical (unpaired) electrons. The van der Waals surface area contributed by atoms with Crippen LogP contribution in [0.25, 0.3) is 42.9 Å². The van der Waals surface area contributed by atoms with Crippen LogP contribution in [0.5, 0.6) is 17.4 Å². The number of benzene rings is 2. The standard InChI is InChI=1S/C41H35N7O5S2/c1-49-33-17-24(11-13-28(33)32-16-27(53-48-32)20-50-39-37-29-9-5-6-10-34(29)54-41(37)46-22-44-39)51-25-12-14-30-35(18-25)55-40-36(30)38(43-21-45-40)42-19-26-15-31(47-52-26)23-7-3-2-4-8-23/h2-4,7-8,11,13,15-17,21-22,25H,5-6,9-10,12,14,18-20H2,1H3,(H,42,43,45). The van der Waals surface area contributed by atoms with Gasteiger partial charge in [-0.05, 0) is 61.8 Å². The summed E-state index contributed by atoms with van der Waals surface area (Å²) in [4.78, 5) is 22.8. The lowest BCUT2D eigenvalue weighted by Crippen LogP contribution is -2.24. The maximum atomic E-state index is 6.56. The van der Waals surface area contributed by atoms with Crippen LogP contribution in [0.2, 0.25) is 0 Å². The topological polar surface area (TPSA) is 143 Å². The van der Waals surface area contributed by atoms with Crippen molar-refractivity contribution in [2.75, 3.05) is 12.4 Å². The molecule has 0 spiro atoms. The van der Waals surface area contributed by atoms with Gasteiger partial charge in [-0.2, -0.15) is 0 Å². The summed E-state index contributed by atoms with van der Waals surface area (Å²) < 4.78 is 29.9. The van der Waals surface area contributed by atoms with Gasteiger partial charge in [0.2, 0.25) is 5.88 Å². The van der Waals surface area contributed by atoms with E-state index >= 15 is 0 Å². The van der Waals surface area contributed by atoms with Crippen molar-refractivity contribution >= 4 is 48.9 Å². The Labute approximate surface area is 323 Å². The summed E-state index contributed by atoms with van der Waals surface area (Å²) in [5.41, 5.74) is 5.89. The Morgan fingerprint density at radius 2 is 1.56 bits per heavy atom. The van der Waals surface area contributed by atoms with E-state index in [-0.39, 0.29) is 12.7 Å². The van der Waals surface area contributed by atoms with Gasteiger partial charge in [0.1, 0.15) is 57.1 Å². The van der Waals surface area contributed by atoms with Crippen LogP contribution < -0.4 is 19.5 Å². The molecular formula is C41H35N7O5S2. The van der Waals surface area contributed by atoms with Crippen molar-refractivity contribution in [1.82, 2.24) is 30.2 Å². The molecular weight excluding hydrogens is 735 g/mol. The lowest BCUT2D eigenvalue weighted by molar-refractivity contribution is 0.186. The third-order valence-corrected chi connectivity index (χ3v) is 12.6. The molecule has 2 aliphatic carbocycles. The maximum absolute atomic E-state index is 6.56. The van der Waals surface area contributed by atoms with Gasteiger partial charge in [-0.15, -0.1) is 22.7 Å². The minimum Gasteiger partial charge on any atom is -0.496 e. The lowest BCUT2D eigenvalue weighted by atomic mass is 9.94. The summed E-state index contributed by atoms with van der Waals surface area (Å²) in [5, 5.41) is 14.2. The average Bonchev–Trinajstić information content (AvgIpc) is 4.04. The van der Waals surface area contributed by atoms with Gasteiger partial charge in [0, 0.05) is 45.5 Å². The van der Waals surface area contributed by atoms with Crippen molar-refractivity contribution in [3.63, 3.8) is 0 Å². The molecule has 1 atom stereocenters. The Kier molecular flexibility index (Phi) is 8.83. The number of fused-ring (bicyclic) bond motifs is 6. The number of nitrogens with zero attached hydrogens (tertiary/aromatic N) is 6. The highest BCUT2D eigenvalue weighted by atomic mass is 32.1. The highest BCUT2D eigenvalue weighted by Gasteiger charge is 2.27. The molecule has 6 aromatic heterocycles. The molecule has 6 heterocycles. The van der Waals surface area contributed by atoms with Crippen LogP contribution in [0.4, 0.5) is 5.82 Å². The number of ether oxygens (including phenoxy) is 3. The van der Waals surface area contributed by atoms with Gasteiger partial charge >= 0.3 is 0 Å². The van der Waals surface area contributed by atoms with Crippen molar-refractivity contribution in [3.8, 4) is 39.9 Å². The number of anilines is 1. The molecule has 10 rings (SSSR count). The third kappa shape index (κ3) is 6.54. The van der Waals surface area contributed by atoms with Crippen LogP contribution in [0.3, 0.4) is 0 Å². The van der Waals surface area contributed by atoms with E-state index in [0.717, 1.165) is 86.7 Å². The van der Waals surface area contributed by atoms with Gasteiger partial charge < -0.3 is 28.6 Å². The van der Waals surface area contributed by atoms with Crippen molar-refractivity contribution in [2.24, 2.45) is 0 Å².